The molecule has 0 radical (unpaired) electrons. The SMILES string of the molecule is COc1c(Cl)nc(C2CC2)nc1N1CCOCC1. The molecule has 1 aromatic heterocycles. The number of halogens is 1. The van der Waals surface area contributed by atoms with Gasteiger partial charge in [0.2, 0.25) is 0 Å². The number of morpholine rings is 1. The number of ether oxygens (including phenoxy) is 2. The van der Waals surface area contributed by atoms with E-state index >= 15 is 0 Å². The summed E-state index contributed by atoms with van der Waals surface area (Å²) < 4.78 is 10.7. The molecule has 0 spiro atoms. The van der Waals surface area contributed by atoms with Crippen LogP contribution in [0, 0.1) is 0 Å². The van der Waals surface area contributed by atoms with Crippen molar-refractivity contribution in [1.82, 2.24) is 9.97 Å². The Labute approximate surface area is 111 Å². The maximum atomic E-state index is 6.19. The van der Waals surface area contributed by atoms with Crippen LogP contribution in [0.2, 0.25) is 5.15 Å². The van der Waals surface area contributed by atoms with E-state index in [-0.39, 0.29) is 0 Å². The zero-order valence-corrected chi connectivity index (χ0v) is 11.1. The lowest BCUT2D eigenvalue weighted by Gasteiger charge is -2.29. The molecule has 1 saturated carbocycles. The van der Waals surface area contributed by atoms with Crippen LogP contribution in [0.15, 0.2) is 0 Å². The number of methoxy groups -OCH3 is 1. The fraction of sp³-hybridized carbons (Fsp3) is 0.667. The Hall–Kier alpha value is -1.07. The zero-order chi connectivity index (χ0) is 12.5. The summed E-state index contributed by atoms with van der Waals surface area (Å²) in [6.07, 6.45) is 2.32. The lowest BCUT2D eigenvalue weighted by Crippen LogP contribution is -2.37. The van der Waals surface area contributed by atoms with Gasteiger partial charge in [-0.3, -0.25) is 0 Å². The van der Waals surface area contributed by atoms with E-state index in [1.165, 1.54) is 0 Å². The van der Waals surface area contributed by atoms with Crippen LogP contribution in [-0.4, -0.2) is 43.4 Å². The van der Waals surface area contributed by atoms with Crippen LogP contribution in [0.1, 0.15) is 24.6 Å². The van der Waals surface area contributed by atoms with Crippen molar-refractivity contribution in [3.63, 3.8) is 0 Å². The third-order valence-corrected chi connectivity index (χ3v) is 3.54. The Balaban J connectivity index is 1.97. The average molecular weight is 270 g/mol. The van der Waals surface area contributed by atoms with Crippen molar-refractivity contribution >= 4 is 17.4 Å². The van der Waals surface area contributed by atoms with Gasteiger partial charge in [0.05, 0.1) is 20.3 Å². The lowest BCUT2D eigenvalue weighted by atomic mass is 10.3. The summed E-state index contributed by atoms with van der Waals surface area (Å²) in [7, 11) is 1.60. The predicted molar refractivity (Wildman–Crippen MR) is 68.6 cm³/mol. The van der Waals surface area contributed by atoms with Crippen molar-refractivity contribution in [2.75, 3.05) is 38.3 Å². The van der Waals surface area contributed by atoms with Gasteiger partial charge in [0, 0.05) is 19.0 Å². The Morgan fingerprint density at radius 1 is 1.28 bits per heavy atom. The van der Waals surface area contributed by atoms with Gasteiger partial charge in [-0.1, -0.05) is 11.6 Å². The van der Waals surface area contributed by atoms with Gasteiger partial charge in [-0.15, -0.1) is 0 Å². The first-order valence-corrected chi connectivity index (χ1v) is 6.61. The topological polar surface area (TPSA) is 47.5 Å². The molecule has 5 nitrogen and oxygen atoms in total. The molecule has 3 rings (SSSR count). The maximum absolute atomic E-state index is 6.19. The van der Waals surface area contributed by atoms with E-state index in [0.29, 0.717) is 30.0 Å². The maximum Gasteiger partial charge on any atom is 0.199 e. The average Bonchev–Trinajstić information content (AvgIpc) is 3.23. The normalized spacial score (nSPS) is 20.0. The van der Waals surface area contributed by atoms with Gasteiger partial charge in [-0.2, -0.15) is 0 Å². The van der Waals surface area contributed by atoms with Crippen molar-refractivity contribution in [2.45, 2.75) is 18.8 Å². The molecule has 98 valence electrons. The standard InChI is InChI=1S/C12H16ClN3O2/c1-17-9-10(13)14-11(8-2-3-8)15-12(9)16-4-6-18-7-5-16/h8H,2-7H2,1H3. The minimum Gasteiger partial charge on any atom is -0.490 e. The third kappa shape index (κ3) is 2.24. The summed E-state index contributed by atoms with van der Waals surface area (Å²) in [5.41, 5.74) is 0. The highest BCUT2D eigenvalue weighted by Crippen LogP contribution is 2.42. The molecule has 2 heterocycles. The van der Waals surface area contributed by atoms with Crippen LogP contribution in [0.25, 0.3) is 0 Å². The highest BCUT2D eigenvalue weighted by atomic mass is 35.5. The van der Waals surface area contributed by atoms with Crippen LogP contribution in [0.3, 0.4) is 0 Å². The third-order valence-electron chi connectivity index (χ3n) is 3.28. The minimum absolute atomic E-state index is 0.413. The monoisotopic (exact) mass is 269 g/mol. The van der Waals surface area contributed by atoms with E-state index < -0.39 is 0 Å². The van der Waals surface area contributed by atoms with E-state index in [1.807, 2.05) is 0 Å². The summed E-state index contributed by atoms with van der Waals surface area (Å²) >= 11 is 6.19. The fourth-order valence-corrected chi connectivity index (χ4v) is 2.37. The van der Waals surface area contributed by atoms with Gasteiger partial charge in [-0.25, -0.2) is 9.97 Å². The molecule has 1 aliphatic carbocycles. The van der Waals surface area contributed by atoms with Gasteiger partial charge in [-0.05, 0) is 12.8 Å². The molecule has 0 unspecified atom stereocenters. The Morgan fingerprint density at radius 2 is 2.00 bits per heavy atom. The second kappa shape index (κ2) is 4.90. The second-order valence-corrected chi connectivity index (χ2v) is 4.96. The van der Waals surface area contributed by atoms with Crippen LogP contribution in [0.4, 0.5) is 5.82 Å². The van der Waals surface area contributed by atoms with Gasteiger partial charge >= 0.3 is 0 Å². The fourth-order valence-electron chi connectivity index (χ4n) is 2.12. The first-order chi connectivity index (χ1) is 8.79. The lowest BCUT2D eigenvalue weighted by molar-refractivity contribution is 0.122. The first-order valence-electron chi connectivity index (χ1n) is 6.23. The minimum atomic E-state index is 0.413. The molecule has 1 saturated heterocycles. The molecule has 18 heavy (non-hydrogen) atoms. The quantitative estimate of drug-likeness (QED) is 0.784. The largest absolute Gasteiger partial charge is 0.490 e. The molecule has 1 aromatic rings. The van der Waals surface area contributed by atoms with E-state index in [4.69, 9.17) is 21.1 Å². The molecule has 0 N–H and O–H groups in total. The molecule has 1 aliphatic heterocycles. The number of anilines is 1. The molecule has 0 atom stereocenters. The van der Waals surface area contributed by atoms with Gasteiger partial charge in [0.25, 0.3) is 0 Å². The summed E-state index contributed by atoms with van der Waals surface area (Å²) in [5, 5.41) is 0.413. The molecule has 0 amide bonds. The molecule has 0 aromatic carbocycles. The van der Waals surface area contributed by atoms with Gasteiger partial charge < -0.3 is 14.4 Å². The van der Waals surface area contributed by atoms with E-state index in [0.717, 1.165) is 37.6 Å². The molecular weight excluding hydrogens is 254 g/mol. The number of hydrogen-bond donors (Lipinski definition) is 0. The van der Waals surface area contributed by atoms with Crippen molar-refractivity contribution in [3.05, 3.63) is 11.0 Å². The highest BCUT2D eigenvalue weighted by molar-refractivity contribution is 6.31. The number of nitrogens with zero attached hydrogens (tertiary/aromatic N) is 3. The van der Waals surface area contributed by atoms with E-state index in [1.54, 1.807) is 7.11 Å². The summed E-state index contributed by atoms with van der Waals surface area (Å²) in [6.45, 7) is 3.05. The Morgan fingerprint density at radius 3 is 2.61 bits per heavy atom. The van der Waals surface area contributed by atoms with E-state index in [2.05, 4.69) is 14.9 Å². The van der Waals surface area contributed by atoms with E-state index in [9.17, 15) is 0 Å². The second-order valence-electron chi connectivity index (χ2n) is 4.60. The predicted octanol–water partition coefficient (Wildman–Crippen LogP) is 1.85. The summed E-state index contributed by atoms with van der Waals surface area (Å²) in [4.78, 5) is 11.1. The zero-order valence-electron chi connectivity index (χ0n) is 10.4. The van der Waals surface area contributed by atoms with Crippen molar-refractivity contribution in [1.29, 1.82) is 0 Å². The van der Waals surface area contributed by atoms with Crippen molar-refractivity contribution in [3.8, 4) is 5.75 Å². The van der Waals surface area contributed by atoms with Crippen LogP contribution in [-0.2, 0) is 4.74 Å². The first kappa shape index (κ1) is 12.0. The molecule has 0 bridgehead atoms. The molecule has 6 heteroatoms. The Bertz CT molecular complexity index is 445. The van der Waals surface area contributed by atoms with Crippen LogP contribution in [0.5, 0.6) is 5.75 Å². The highest BCUT2D eigenvalue weighted by Gasteiger charge is 2.30. The Kier molecular flexibility index (Phi) is 3.26. The van der Waals surface area contributed by atoms with Crippen molar-refractivity contribution < 1.29 is 9.47 Å². The van der Waals surface area contributed by atoms with Gasteiger partial charge in [0.15, 0.2) is 16.7 Å². The smallest absolute Gasteiger partial charge is 0.199 e. The van der Waals surface area contributed by atoms with Crippen LogP contribution >= 0.6 is 11.6 Å². The molecule has 2 aliphatic rings. The van der Waals surface area contributed by atoms with Crippen molar-refractivity contribution in [2.24, 2.45) is 0 Å². The molecule has 2 fully saturated rings. The molecular formula is C12H16ClN3O2. The number of aromatic nitrogens is 2. The number of rotatable bonds is 3. The summed E-state index contributed by atoms with van der Waals surface area (Å²) in [6, 6.07) is 0. The van der Waals surface area contributed by atoms with Gasteiger partial charge in [0.1, 0.15) is 5.82 Å². The number of hydrogen-bond acceptors (Lipinski definition) is 5. The summed E-state index contributed by atoms with van der Waals surface area (Å²) in [5.74, 6) is 2.71. The van der Waals surface area contributed by atoms with Crippen LogP contribution < -0.4 is 9.64 Å².